The van der Waals surface area contributed by atoms with Gasteiger partial charge in [-0.15, -0.1) is 0 Å². The van der Waals surface area contributed by atoms with Crippen LogP contribution >= 0.6 is 0 Å². The summed E-state index contributed by atoms with van der Waals surface area (Å²) in [5.74, 6) is 0. The third-order valence-corrected chi connectivity index (χ3v) is 2.01. The molecule has 0 aliphatic heterocycles. The lowest BCUT2D eigenvalue weighted by molar-refractivity contribution is 0.159. The molecule has 1 heterocycles. The molecule has 4 nitrogen and oxygen atoms in total. The van der Waals surface area contributed by atoms with Gasteiger partial charge in [0.05, 0.1) is 17.5 Å². The van der Waals surface area contributed by atoms with Gasteiger partial charge in [-0.3, -0.25) is 4.68 Å². The fraction of sp³-hybridized carbons (Fsp3) is 0.667. The highest BCUT2D eigenvalue weighted by molar-refractivity contribution is 5.11. The van der Waals surface area contributed by atoms with E-state index >= 15 is 0 Å². The van der Waals surface area contributed by atoms with E-state index in [1.165, 1.54) is 0 Å². The van der Waals surface area contributed by atoms with Crippen molar-refractivity contribution in [2.45, 2.75) is 32.9 Å². The summed E-state index contributed by atoms with van der Waals surface area (Å²) < 4.78 is 1.82. The number of aliphatic hydroxyl groups excluding tert-OH is 1. The Labute approximate surface area is 78.4 Å². The van der Waals surface area contributed by atoms with Gasteiger partial charge in [0, 0.05) is 6.54 Å². The van der Waals surface area contributed by atoms with Gasteiger partial charge in [0.15, 0.2) is 0 Å². The molecular formula is C9H17N3O. The number of hydrogen-bond acceptors (Lipinski definition) is 3. The second-order valence-electron chi connectivity index (χ2n) is 3.12. The first kappa shape index (κ1) is 10.2. The molecular weight excluding hydrogens is 166 g/mol. The largest absolute Gasteiger partial charge is 0.387 e. The summed E-state index contributed by atoms with van der Waals surface area (Å²) >= 11 is 0. The highest BCUT2D eigenvalue weighted by Crippen LogP contribution is 2.16. The minimum atomic E-state index is -0.480. The van der Waals surface area contributed by atoms with E-state index in [4.69, 9.17) is 5.73 Å². The van der Waals surface area contributed by atoms with Gasteiger partial charge in [-0.25, -0.2) is 0 Å². The third kappa shape index (κ3) is 2.29. The standard InChI is InChI=1S/C9H17N3O/c1-3-12-8(6-7(2)11-12)9(13)4-5-10/h6,9,13H,3-5,10H2,1-2H3/t9-/m0/s1. The summed E-state index contributed by atoms with van der Waals surface area (Å²) in [7, 11) is 0. The van der Waals surface area contributed by atoms with Crippen LogP contribution < -0.4 is 5.73 Å². The minimum Gasteiger partial charge on any atom is -0.387 e. The Morgan fingerprint density at radius 1 is 1.69 bits per heavy atom. The average molecular weight is 183 g/mol. The van der Waals surface area contributed by atoms with Gasteiger partial charge >= 0.3 is 0 Å². The van der Waals surface area contributed by atoms with Crippen molar-refractivity contribution in [3.63, 3.8) is 0 Å². The highest BCUT2D eigenvalue weighted by atomic mass is 16.3. The number of aryl methyl sites for hydroxylation is 2. The zero-order valence-electron chi connectivity index (χ0n) is 8.20. The van der Waals surface area contributed by atoms with Crippen LogP contribution in [0.3, 0.4) is 0 Å². The first-order valence-corrected chi connectivity index (χ1v) is 4.61. The Morgan fingerprint density at radius 2 is 2.38 bits per heavy atom. The summed E-state index contributed by atoms with van der Waals surface area (Å²) in [5.41, 5.74) is 7.18. The predicted octanol–water partition coefficient (Wildman–Crippen LogP) is 0.594. The summed E-state index contributed by atoms with van der Waals surface area (Å²) in [4.78, 5) is 0. The fourth-order valence-corrected chi connectivity index (χ4v) is 1.39. The fourth-order valence-electron chi connectivity index (χ4n) is 1.39. The van der Waals surface area contributed by atoms with E-state index in [-0.39, 0.29) is 0 Å². The van der Waals surface area contributed by atoms with Crippen LogP contribution in [0.5, 0.6) is 0 Å². The SMILES string of the molecule is CCn1nc(C)cc1[C@@H](O)CCN. The van der Waals surface area contributed by atoms with Gasteiger partial charge in [-0.05, 0) is 32.9 Å². The number of nitrogens with zero attached hydrogens (tertiary/aromatic N) is 2. The minimum absolute atomic E-state index is 0.480. The van der Waals surface area contributed by atoms with Crippen molar-refractivity contribution < 1.29 is 5.11 Å². The van der Waals surface area contributed by atoms with Crippen molar-refractivity contribution in [3.05, 3.63) is 17.5 Å². The zero-order valence-corrected chi connectivity index (χ0v) is 8.20. The molecule has 74 valence electrons. The Balaban J connectivity index is 2.84. The van der Waals surface area contributed by atoms with E-state index in [1.807, 2.05) is 24.6 Å². The molecule has 0 radical (unpaired) electrons. The van der Waals surface area contributed by atoms with Gasteiger partial charge in [0.25, 0.3) is 0 Å². The van der Waals surface area contributed by atoms with Crippen LogP contribution in [0.2, 0.25) is 0 Å². The van der Waals surface area contributed by atoms with Crippen LogP contribution in [0.15, 0.2) is 6.07 Å². The smallest absolute Gasteiger partial charge is 0.0968 e. The van der Waals surface area contributed by atoms with E-state index in [1.54, 1.807) is 0 Å². The monoisotopic (exact) mass is 183 g/mol. The second kappa shape index (κ2) is 4.39. The predicted molar refractivity (Wildman–Crippen MR) is 51.3 cm³/mol. The maximum atomic E-state index is 9.70. The number of nitrogens with two attached hydrogens (primary N) is 1. The quantitative estimate of drug-likeness (QED) is 0.718. The summed E-state index contributed by atoms with van der Waals surface area (Å²) in [6, 6.07) is 1.91. The molecule has 0 unspecified atom stereocenters. The first-order chi connectivity index (χ1) is 6.19. The van der Waals surface area contributed by atoms with Crippen LogP contribution in [-0.4, -0.2) is 21.4 Å². The first-order valence-electron chi connectivity index (χ1n) is 4.61. The molecule has 0 bridgehead atoms. The van der Waals surface area contributed by atoms with E-state index in [9.17, 15) is 5.11 Å². The molecule has 0 amide bonds. The third-order valence-electron chi connectivity index (χ3n) is 2.01. The highest BCUT2D eigenvalue weighted by Gasteiger charge is 2.12. The van der Waals surface area contributed by atoms with Crippen molar-refractivity contribution in [3.8, 4) is 0 Å². The Hall–Kier alpha value is -0.870. The summed E-state index contributed by atoms with van der Waals surface area (Å²) in [6.07, 6.45) is 0.108. The van der Waals surface area contributed by atoms with Gasteiger partial charge < -0.3 is 10.8 Å². The van der Waals surface area contributed by atoms with Gasteiger partial charge in [0.2, 0.25) is 0 Å². The average Bonchev–Trinajstić information content (AvgIpc) is 2.47. The number of aliphatic hydroxyl groups is 1. The van der Waals surface area contributed by atoms with Crippen LogP contribution in [0, 0.1) is 6.92 Å². The molecule has 1 atom stereocenters. The van der Waals surface area contributed by atoms with Crippen molar-refractivity contribution in [2.24, 2.45) is 5.73 Å². The molecule has 3 N–H and O–H groups in total. The molecule has 0 saturated heterocycles. The normalized spacial score (nSPS) is 13.2. The topological polar surface area (TPSA) is 64.1 Å². The molecule has 0 aliphatic rings. The van der Waals surface area contributed by atoms with Crippen molar-refractivity contribution in [2.75, 3.05) is 6.54 Å². The van der Waals surface area contributed by atoms with Crippen molar-refractivity contribution in [1.29, 1.82) is 0 Å². The molecule has 0 aromatic carbocycles. The molecule has 4 heteroatoms. The molecule has 13 heavy (non-hydrogen) atoms. The number of rotatable bonds is 4. The van der Waals surface area contributed by atoms with E-state index < -0.39 is 6.10 Å². The van der Waals surface area contributed by atoms with E-state index in [0.717, 1.165) is 17.9 Å². The zero-order chi connectivity index (χ0) is 9.84. The number of aromatic nitrogens is 2. The maximum Gasteiger partial charge on any atom is 0.0968 e. The Kier molecular flexibility index (Phi) is 3.45. The van der Waals surface area contributed by atoms with Crippen LogP contribution in [-0.2, 0) is 6.54 Å². The van der Waals surface area contributed by atoms with E-state index in [2.05, 4.69) is 5.10 Å². The lowest BCUT2D eigenvalue weighted by Gasteiger charge is -2.10. The van der Waals surface area contributed by atoms with Crippen molar-refractivity contribution in [1.82, 2.24) is 9.78 Å². The molecule has 0 saturated carbocycles. The van der Waals surface area contributed by atoms with Gasteiger partial charge in [0.1, 0.15) is 0 Å². The lowest BCUT2D eigenvalue weighted by Crippen LogP contribution is -2.11. The molecule has 1 aromatic heterocycles. The second-order valence-corrected chi connectivity index (χ2v) is 3.12. The summed E-state index contributed by atoms with van der Waals surface area (Å²) in [5, 5.41) is 14.0. The van der Waals surface area contributed by atoms with Gasteiger partial charge in [-0.1, -0.05) is 0 Å². The van der Waals surface area contributed by atoms with E-state index in [0.29, 0.717) is 13.0 Å². The summed E-state index contributed by atoms with van der Waals surface area (Å²) in [6.45, 7) is 5.20. The maximum absolute atomic E-state index is 9.70. The number of hydrogen-bond donors (Lipinski definition) is 2. The molecule has 0 aliphatic carbocycles. The van der Waals surface area contributed by atoms with Crippen LogP contribution in [0.1, 0.15) is 30.8 Å². The van der Waals surface area contributed by atoms with Crippen molar-refractivity contribution >= 4 is 0 Å². The molecule has 0 fully saturated rings. The Morgan fingerprint density at radius 3 is 2.92 bits per heavy atom. The molecule has 1 rings (SSSR count). The molecule has 1 aromatic rings. The van der Waals surface area contributed by atoms with Gasteiger partial charge in [-0.2, -0.15) is 5.10 Å². The Bertz CT molecular complexity index is 270. The lowest BCUT2D eigenvalue weighted by atomic mass is 10.2. The van der Waals surface area contributed by atoms with Crippen LogP contribution in [0.25, 0.3) is 0 Å². The van der Waals surface area contributed by atoms with Crippen LogP contribution in [0.4, 0.5) is 0 Å². The molecule has 0 spiro atoms.